The van der Waals surface area contributed by atoms with Crippen LogP contribution in [-0.2, 0) is 23.6 Å². The van der Waals surface area contributed by atoms with Gasteiger partial charge in [-0.1, -0.05) is 49.2 Å². The monoisotopic (exact) mass is 551 g/mol. The van der Waals surface area contributed by atoms with Crippen molar-refractivity contribution in [3.05, 3.63) is 81.3 Å². The van der Waals surface area contributed by atoms with E-state index >= 15 is 0 Å². The Kier molecular flexibility index (Phi) is 10.5. The Balaban J connectivity index is 0.00000432. The first kappa shape index (κ1) is 29.0. The smallest absolute Gasteiger partial charge is 0.326 e. The molecular formula is C26H31Cl2N3O2S2. The van der Waals surface area contributed by atoms with Crippen molar-refractivity contribution in [3.63, 3.8) is 0 Å². The lowest BCUT2D eigenvalue weighted by atomic mass is 10.0. The van der Waals surface area contributed by atoms with Gasteiger partial charge in [0.2, 0.25) is 0 Å². The Morgan fingerprint density at radius 3 is 2.11 bits per heavy atom. The molecule has 0 fully saturated rings. The van der Waals surface area contributed by atoms with Crippen molar-refractivity contribution in [2.24, 2.45) is 0 Å². The first-order valence-corrected chi connectivity index (χ1v) is 13.4. The van der Waals surface area contributed by atoms with Gasteiger partial charge in [0.15, 0.2) is 0 Å². The first-order chi connectivity index (χ1) is 16.2. The lowest BCUT2D eigenvalue weighted by Crippen LogP contribution is -2.37. The van der Waals surface area contributed by atoms with Crippen LogP contribution in [0.3, 0.4) is 0 Å². The van der Waals surface area contributed by atoms with Crippen molar-refractivity contribution in [3.8, 4) is 0 Å². The molecule has 3 rings (SSSR count). The first-order valence-electron chi connectivity index (χ1n) is 11.1. The molecule has 2 atom stereocenters. The summed E-state index contributed by atoms with van der Waals surface area (Å²) >= 11 is 12.6. The van der Waals surface area contributed by atoms with E-state index in [2.05, 4.69) is 5.32 Å². The number of anilines is 3. The number of benzene rings is 3. The van der Waals surface area contributed by atoms with Crippen molar-refractivity contribution >= 4 is 70.6 Å². The van der Waals surface area contributed by atoms with Gasteiger partial charge in [0.25, 0.3) is 0 Å². The third kappa shape index (κ3) is 6.53. The second-order valence-corrected chi connectivity index (χ2v) is 10.2. The van der Waals surface area contributed by atoms with E-state index in [9.17, 15) is 9.00 Å². The Bertz CT molecular complexity index is 1170. The van der Waals surface area contributed by atoms with Crippen molar-refractivity contribution in [1.29, 1.82) is 0 Å². The van der Waals surface area contributed by atoms with E-state index in [0.29, 0.717) is 44.8 Å². The number of amides is 2. The molecule has 0 aliphatic heterocycles. The van der Waals surface area contributed by atoms with E-state index in [1.54, 1.807) is 53.6 Å². The molecule has 9 heteroatoms. The summed E-state index contributed by atoms with van der Waals surface area (Å²) in [6, 6.07) is 15.6. The van der Waals surface area contributed by atoms with Crippen LogP contribution in [-0.4, -0.2) is 16.5 Å². The topological polar surface area (TPSA) is 75.4 Å². The SMILES string of the molecule is CCc1c(N)cc(Cl)c(CC)c1NC(=O)N(c1ccc(S(C)=O)cc1)[C@@H](C)c1ccc(Cl)cc1.S. The van der Waals surface area contributed by atoms with E-state index in [4.69, 9.17) is 28.9 Å². The number of urea groups is 1. The maximum absolute atomic E-state index is 13.8. The van der Waals surface area contributed by atoms with Crippen LogP contribution < -0.4 is 16.0 Å². The van der Waals surface area contributed by atoms with Gasteiger partial charge in [-0.25, -0.2) is 4.79 Å². The minimum atomic E-state index is -1.12. The highest BCUT2D eigenvalue weighted by atomic mass is 35.5. The van der Waals surface area contributed by atoms with Crippen molar-refractivity contribution in [2.75, 3.05) is 22.2 Å². The van der Waals surface area contributed by atoms with Crippen LogP contribution in [0.15, 0.2) is 59.5 Å². The summed E-state index contributed by atoms with van der Waals surface area (Å²) in [7, 11) is -1.12. The standard InChI is InChI=1S/C26H29Cl2N3O2S.H2S/c1-5-21-23(28)15-24(29)22(6-2)25(21)30-26(32)31(16(3)17-7-9-18(27)10-8-17)19-11-13-20(14-12-19)34(4)33;/h7-16H,5-6,29H2,1-4H3,(H,30,32);1H2/t16-,34?;/m0./s1. The third-order valence-electron chi connectivity index (χ3n) is 5.87. The zero-order chi connectivity index (χ0) is 25.0. The molecule has 0 aromatic heterocycles. The number of carbonyl (C=O) groups excluding carboxylic acids is 1. The van der Waals surface area contributed by atoms with Crippen LogP contribution in [0.1, 0.15) is 43.5 Å². The average Bonchev–Trinajstić information content (AvgIpc) is 2.80. The molecule has 3 N–H and O–H groups in total. The van der Waals surface area contributed by atoms with E-state index < -0.39 is 10.8 Å². The number of halogens is 2. The van der Waals surface area contributed by atoms with Gasteiger partial charge in [-0.3, -0.25) is 9.11 Å². The molecule has 35 heavy (non-hydrogen) atoms. The molecule has 0 aliphatic rings. The fourth-order valence-electron chi connectivity index (χ4n) is 4.01. The summed E-state index contributed by atoms with van der Waals surface area (Å²) in [4.78, 5) is 16.2. The van der Waals surface area contributed by atoms with Crippen LogP contribution in [0.25, 0.3) is 0 Å². The third-order valence-corrected chi connectivity index (χ3v) is 7.39. The van der Waals surface area contributed by atoms with Gasteiger partial charge in [0.05, 0.1) is 11.7 Å². The van der Waals surface area contributed by atoms with Crippen molar-refractivity contribution in [1.82, 2.24) is 0 Å². The number of nitrogens with two attached hydrogens (primary N) is 1. The number of nitrogens with one attached hydrogen (secondary N) is 1. The summed E-state index contributed by atoms with van der Waals surface area (Å²) in [6.07, 6.45) is 2.92. The van der Waals surface area contributed by atoms with Crippen LogP contribution in [0.4, 0.5) is 21.9 Å². The molecule has 0 bridgehead atoms. The van der Waals surface area contributed by atoms with Crippen LogP contribution >= 0.6 is 36.7 Å². The fraction of sp³-hybridized carbons (Fsp3) is 0.269. The molecule has 5 nitrogen and oxygen atoms in total. The molecule has 0 heterocycles. The van der Waals surface area contributed by atoms with Gasteiger partial charge in [-0.2, -0.15) is 13.5 Å². The summed E-state index contributed by atoms with van der Waals surface area (Å²) in [6.45, 7) is 5.93. The average molecular weight is 553 g/mol. The highest BCUT2D eigenvalue weighted by Crippen LogP contribution is 2.36. The van der Waals surface area contributed by atoms with Gasteiger partial charge < -0.3 is 11.1 Å². The second-order valence-electron chi connectivity index (χ2n) is 7.96. The molecule has 0 saturated heterocycles. The van der Waals surface area contributed by atoms with Gasteiger partial charge in [0.1, 0.15) is 0 Å². The highest BCUT2D eigenvalue weighted by molar-refractivity contribution is 7.84. The van der Waals surface area contributed by atoms with Gasteiger partial charge in [-0.05, 0) is 78.9 Å². The number of hydrogen-bond acceptors (Lipinski definition) is 3. The van der Waals surface area contributed by atoms with Crippen LogP contribution in [0.5, 0.6) is 0 Å². The Labute approximate surface area is 226 Å². The van der Waals surface area contributed by atoms with Gasteiger partial charge in [0, 0.05) is 43.4 Å². The molecule has 0 spiro atoms. The summed E-state index contributed by atoms with van der Waals surface area (Å²) in [5.41, 5.74) is 10.7. The number of rotatable bonds is 7. The minimum absolute atomic E-state index is 0. The van der Waals surface area contributed by atoms with E-state index in [1.165, 1.54) is 0 Å². The molecule has 0 saturated carbocycles. The Morgan fingerprint density at radius 1 is 1.03 bits per heavy atom. The zero-order valence-electron chi connectivity index (χ0n) is 20.2. The van der Waals surface area contributed by atoms with Crippen molar-refractivity contribution in [2.45, 2.75) is 44.6 Å². The molecule has 3 aromatic carbocycles. The summed E-state index contributed by atoms with van der Waals surface area (Å²) in [5.74, 6) is 0. The molecule has 2 amide bonds. The normalized spacial score (nSPS) is 12.4. The lowest BCUT2D eigenvalue weighted by molar-refractivity contribution is 0.255. The van der Waals surface area contributed by atoms with Crippen molar-refractivity contribution < 1.29 is 9.00 Å². The zero-order valence-corrected chi connectivity index (χ0v) is 23.5. The maximum atomic E-state index is 13.8. The number of hydrogen-bond donors (Lipinski definition) is 2. The molecule has 0 aliphatic carbocycles. The van der Waals surface area contributed by atoms with E-state index in [0.717, 1.165) is 16.7 Å². The maximum Gasteiger partial charge on any atom is 0.326 e. The second kappa shape index (κ2) is 12.7. The molecule has 188 valence electrons. The quantitative estimate of drug-likeness (QED) is 0.301. The fourth-order valence-corrected chi connectivity index (χ4v) is 5.00. The van der Waals surface area contributed by atoms with E-state index in [1.807, 2.05) is 32.9 Å². The summed E-state index contributed by atoms with van der Waals surface area (Å²) < 4.78 is 11.9. The highest BCUT2D eigenvalue weighted by Gasteiger charge is 2.26. The molecule has 0 radical (unpaired) electrons. The molecule has 3 aromatic rings. The number of nitrogen functional groups attached to an aromatic ring is 1. The van der Waals surface area contributed by atoms with E-state index in [-0.39, 0.29) is 25.6 Å². The number of carbonyl (C=O) groups is 1. The summed E-state index contributed by atoms with van der Waals surface area (Å²) in [5, 5.41) is 4.25. The number of nitrogens with zero attached hydrogens (tertiary/aromatic N) is 1. The van der Waals surface area contributed by atoms with Gasteiger partial charge in [-0.15, -0.1) is 0 Å². The minimum Gasteiger partial charge on any atom is -0.398 e. The van der Waals surface area contributed by atoms with Crippen LogP contribution in [0.2, 0.25) is 10.0 Å². The molecular weight excluding hydrogens is 521 g/mol. The van der Waals surface area contributed by atoms with Gasteiger partial charge >= 0.3 is 6.03 Å². The van der Waals surface area contributed by atoms with Crippen LogP contribution in [0, 0.1) is 0 Å². The predicted molar refractivity (Wildman–Crippen MR) is 155 cm³/mol. The largest absolute Gasteiger partial charge is 0.398 e. The lowest BCUT2D eigenvalue weighted by Gasteiger charge is -2.31. The predicted octanol–water partition coefficient (Wildman–Crippen LogP) is 7.35. The Hall–Kier alpha value is -2.19. The molecule has 1 unspecified atom stereocenters. The Morgan fingerprint density at radius 2 is 1.60 bits per heavy atom.